The molecule has 1 aliphatic heterocycles. The predicted octanol–water partition coefficient (Wildman–Crippen LogP) is -1.53. The molecule has 0 spiro atoms. The Morgan fingerprint density at radius 3 is 2.20 bits per heavy atom. The molecule has 1 rings (SSSR count). The molecular weight excluding hydrogens is 138 g/mol. The lowest BCUT2D eigenvalue weighted by Crippen LogP contribution is -2.51. The maximum Gasteiger partial charge on any atom is 0.197 e. The molecule has 0 aromatic rings. The van der Waals surface area contributed by atoms with Gasteiger partial charge >= 0.3 is 0 Å². The Labute approximate surface area is 58.1 Å². The van der Waals surface area contributed by atoms with E-state index in [2.05, 4.69) is 0 Å². The average molecular weight is 149 g/mol. The molecule has 0 aromatic heterocycles. The zero-order chi connectivity index (χ0) is 7.78. The molecule has 5 heteroatoms. The van der Waals surface area contributed by atoms with Crippen molar-refractivity contribution in [1.82, 2.24) is 5.06 Å². The highest BCUT2D eigenvalue weighted by atomic mass is 16.6. The summed E-state index contributed by atoms with van der Waals surface area (Å²) >= 11 is 0. The van der Waals surface area contributed by atoms with E-state index in [1.165, 1.54) is 0 Å². The molecule has 4 N–H and O–H groups in total. The van der Waals surface area contributed by atoms with Crippen molar-refractivity contribution in [3.05, 3.63) is 0 Å². The van der Waals surface area contributed by atoms with Gasteiger partial charge in [0.25, 0.3) is 0 Å². The van der Waals surface area contributed by atoms with Crippen molar-refractivity contribution in [1.29, 1.82) is 0 Å². The van der Waals surface area contributed by atoms with E-state index in [-0.39, 0.29) is 13.0 Å². The Balaban J connectivity index is 2.66. The minimum atomic E-state index is -1.90. The van der Waals surface area contributed by atoms with Crippen molar-refractivity contribution in [3.8, 4) is 0 Å². The number of hydroxylamine groups is 2. The monoisotopic (exact) mass is 149 g/mol. The topological polar surface area (TPSA) is 84.2 Å². The number of hydrogen-bond donors (Lipinski definition) is 4. The van der Waals surface area contributed by atoms with Crippen LogP contribution in [0.2, 0.25) is 0 Å². The minimum absolute atomic E-state index is 0.182. The van der Waals surface area contributed by atoms with Crippen LogP contribution in [0, 0.1) is 0 Å². The van der Waals surface area contributed by atoms with Gasteiger partial charge < -0.3 is 20.5 Å². The van der Waals surface area contributed by atoms with Gasteiger partial charge in [0.15, 0.2) is 12.0 Å². The Hall–Kier alpha value is -0.200. The second kappa shape index (κ2) is 2.44. The molecular formula is C5H11NO4. The van der Waals surface area contributed by atoms with Crippen LogP contribution in [0.1, 0.15) is 12.8 Å². The van der Waals surface area contributed by atoms with Crippen molar-refractivity contribution in [2.45, 2.75) is 24.9 Å². The fraction of sp³-hybridized carbons (Fsp3) is 1.00. The van der Waals surface area contributed by atoms with Gasteiger partial charge in [-0.2, -0.15) is 5.06 Å². The first kappa shape index (κ1) is 7.90. The van der Waals surface area contributed by atoms with Crippen LogP contribution >= 0.6 is 0 Å². The van der Waals surface area contributed by atoms with E-state index in [9.17, 15) is 5.11 Å². The van der Waals surface area contributed by atoms with Gasteiger partial charge in [0.1, 0.15) is 0 Å². The summed E-state index contributed by atoms with van der Waals surface area (Å²) in [6, 6.07) is 0. The number of aliphatic hydroxyl groups is 3. The number of hydrogen-bond acceptors (Lipinski definition) is 5. The molecule has 0 aromatic carbocycles. The summed E-state index contributed by atoms with van der Waals surface area (Å²) in [7, 11) is 0. The summed E-state index contributed by atoms with van der Waals surface area (Å²) in [6.45, 7) is 0.272. The van der Waals surface area contributed by atoms with Gasteiger partial charge in [-0.25, -0.2) is 0 Å². The largest absolute Gasteiger partial charge is 0.369 e. The highest BCUT2D eigenvalue weighted by Crippen LogP contribution is 2.26. The van der Waals surface area contributed by atoms with Crippen molar-refractivity contribution in [3.63, 3.8) is 0 Å². The summed E-state index contributed by atoms with van der Waals surface area (Å²) in [6.07, 6.45) is -1.16. The molecule has 0 aliphatic carbocycles. The van der Waals surface area contributed by atoms with Crippen molar-refractivity contribution < 1.29 is 20.5 Å². The quantitative estimate of drug-likeness (QED) is 0.340. The summed E-state index contributed by atoms with van der Waals surface area (Å²) < 4.78 is 0. The summed E-state index contributed by atoms with van der Waals surface area (Å²) in [5.41, 5.74) is -1.85. The van der Waals surface area contributed by atoms with Crippen LogP contribution in [0.15, 0.2) is 0 Å². The maximum absolute atomic E-state index is 9.21. The zero-order valence-electron chi connectivity index (χ0n) is 5.43. The fourth-order valence-corrected chi connectivity index (χ4v) is 1.07. The second-order valence-electron chi connectivity index (χ2n) is 2.48. The Kier molecular flexibility index (Phi) is 1.93. The molecule has 0 amide bonds. The molecule has 1 saturated heterocycles. The summed E-state index contributed by atoms with van der Waals surface area (Å²) in [4.78, 5) is 0. The van der Waals surface area contributed by atoms with Crippen LogP contribution < -0.4 is 0 Å². The van der Waals surface area contributed by atoms with Crippen LogP contribution in [-0.4, -0.2) is 44.1 Å². The molecule has 0 radical (unpaired) electrons. The van der Waals surface area contributed by atoms with E-state index in [1.54, 1.807) is 0 Å². The average Bonchev–Trinajstić information content (AvgIpc) is 2.15. The highest BCUT2D eigenvalue weighted by molar-refractivity contribution is 4.82. The van der Waals surface area contributed by atoms with Gasteiger partial charge in [0.05, 0.1) is 0 Å². The molecule has 1 aliphatic rings. The lowest BCUT2D eigenvalue weighted by molar-refractivity contribution is -0.317. The van der Waals surface area contributed by atoms with Crippen LogP contribution in [0.25, 0.3) is 0 Å². The lowest BCUT2D eigenvalue weighted by atomic mass is 10.1. The van der Waals surface area contributed by atoms with Crippen LogP contribution in [0.5, 0.6) is 0 Å². The Morgan fingerprint density at radius 2 is 2.00 bits per heavy atom. The molecule has 60 valence electrons. The summed E-state index contributed by atoms with van der Waals surface area (Å²) in [5.74, 6) is 0. The lowest BCUT2D eigenvalue weighted by Gasteiger charge is -2.29. The van der Waals surface area contributed by atoms with Crippen molar-refractivity contribution in [2.24, 2.45) is 0 Å². The third-order valence-electron chi connectivity index (χ3n) is 1.78. The minimum Gasteiger partial charge on any atom is -0.369 e. The van der Waals surface area contributed by atoms with Gasteiger partial charge in [0, 0.05) is 6.54 Å². The number of rotatable bonds is 1. The van der Waals surface area contributed by atoms with E-state index in [0.29, 0.717) is 11.5 Å². The molecule has 0 unspecified atom stereocenters. The predicted molar refractivity (Wildman–Crippen MR) is 30.9 cm³/mol. The first-order chi connectivity index (χ1) is 4.57. The SMILES string of the molecule is OC(O)[C@@]1(O)CCCN1O. The molecule has 0 saturated carbocycles. The fourth-order valence-electron chi connectivity index (χ4n) is 1.07. The van der Waals surface area contributed by atoms with Gasteiger partial charge in [-0.3, -0.25) is 0 Å². The van der Waals surface area contributed by atoms with E-state index < -0.39 is 12.0 Å². The van der Waals surface area contributed by atoms with Crippen LogP contribution in [-0.2, 0) is 0 Å². The normalized spacial score (nSPS) is 35.7. The smallest absolute Gasteiger partial charge is 0.197 e. The zero-order valence-corrected chi connectivity index (χ0v) is 5.43. The number of aliphatic hydroxyl groups excluding tert-OH is 1. The van der Waals surface area contributed by atoms with Gasteiger partial charge in [0.2, 0.25) is 0 Å². The molecule has 1 heterocycles. The molecule has 5 nitrogen and oxygen atoms in total. The van der Waals surface area contributed by atoms with Crippen LogP contribution in [0.4, 0.5) is 0 Å². The second-order valence-corrected chi connectivity index (χ2v) is 2.48. The number of nitrogens with zero attached hydrogens (tertiary/aromatic N) is 1. The Bertz CT molecular complexity index is 129. The van der Waals surface area contributed by atoms with Gasteiger partial charge in [-0.15, -0.1) is 0 Å². The van der Waals surface area contributed by atoms with E-state index >= 15 is 0 Å². The third-order valence-corrected chi connectivity index (χ3v) is 1.78. The molecule has 10 heavy (non-hydrogen) atoms. The first-order valence-corrected chi connectivity index (χ1v) is 3.12. The van der Waals surface area contributed by atoms with Crippen molar-refractivity contribution in [2.75, 3.05) is 6.54 Å². The highest BCUT2D eigenvalue weighted by Gasteiger charge is 2.44. The van der Waals surface area contributed by atoms with Crippen molar-refractivity contribution >= 4 is 0 Å². The van der Waals surface area contributed by atoms with Gasteiger partial charge in [-0.1, -0.05) is 0 Å². The Morgan fingerprint density at radius 1 is 1.40 bits per heavy atom. The standard InChI is InChI=1S/C5H11NO4/c7-4(8)5(9)2-1-3-6(5)10/h4,7-10H,1-3H2/t5-/m0/s1. The summed E-state index contributed by atoms with van der Waals surface area (Å²) in [5, 5.41) is 35.8. The van der Waals surface area contributed by atoms with E-state index in [1.807, 2.05) is 0 Å². The van der Waals surface area contributed by atoms with Crippen LogP contribution in [0.3, 0.4) is 0 Å². The third kappa shape index (κ3) is 1.02. The molecule has 0 bridgehead atoms. The van der Waals surface area contributed by atoms with E-state index in [0.717, 1.165) is 0 Å². The first-order valence-electron chi connectivity index (χ1n) is 3.12. The molecule has 1 atom stereocenters. The molecule has 1 fully saturated rings. The maximum atomic E-state index is 9.21. The van der Waals surface area contributed by atoms with Gasteiger partial charge in [-0.05, 0) is 12.8 Å². The van der Waals surface area contributed by atoms with E-state index in [4.69, 9.17) is 15.4 Å².